The van der Waals surface area contributed by atoms with Gasteiger partial charge in [-0.25, -0.2) is 4.79 Å². The molecule has 0 saturated carbocycles. The fourth-order valence-electron chi connectivity index (χ4n) is 2.81. The number of aliphatic carboxylic acids is 1. The molecule has 0 radical (unpaired) electrons. The Morgan fingerprint density at radius 2 is 2.00 bits per heavy atom. The van der Waals surface area contributed by atoms with Gasteiger partial charge >= 0.3 is 5.97 Å². The molecule has 5 nitrogen and oxygen atoms in total. The Hall–Kier alpha value is -1.63. The van der Waals surface area contributed by atoms with Gasteiger partial charge in [-0.05, 0) is 34.5 Å². The first-order chi connectivity index (χ1) is 10.9. The van der Waals surface area contributed by atoms with Crippen LogP contribution in [-0.4, -0.2) is 45.7 Å². The highest BCUT2D eigenvalue weighted by atomic mass is 35.5. The van der Waals surface area contributed by atoms with Crippen LogP contribution in [0.5, 0.6) is 0 Å². The largest absolute Gasteiger partial charge is 0.479 e. The van der Waals surface area contributed by atoms with Crippen molar-refractivity contribution in [3.8, 4) is 0 Å². The van der Waals surface area contributed by atoms with E-state index in [1.54, 1.807) is 16.2 Å². The van der Waals surface area contributed by atoms with Crippen LogP contribution in [0, 0.1) is 0 Å². The summed E-state index contributed by atoms with van der Waals surface area (Å²) in [4.78, 5) is 25.1. The fourth-order valence-corrected chi connectivity index (χ4v) is 3.92. The third-order valence-corrected chi connectivity index (χ3v) is 5.55. The topological polar surface area (TPSA) is 77.8 Å². The second-order valence-corrected chi connectivity index (χ2v) is 7.14. The molecule has 2 heterocycles. The number of carbonyl (C=O) groups excluding carboxylic acids is 1. The zero-order valence-electron chi connectivity index (χ0n) is 12.3. The summed E-state index contributed by atoms with van der Waals surface area (Å²) in [7, 11) is 0. The van der Waals surface area contributed by atoms with Crippen molar-refractivity contribution in [1.29, 1.82) is 0 Å². The molecule has 1 aliphatic rings. The lowest BCUT2D eigenvalue weighted by Crippen LogP contribution is -2.51. The van der Waals surface area contributed by atoms with Crippen LogP contribution in [0.4, 0.5) is 0 Å². The minimum absolute atomic E-state index is 0.0582. The van der Waals surface area contributed by atoms with E-state index in [-0.39, 0.29) is 38.3 Å². The molecule has 0 unspecified atom stereocenters. The van der Waals surface area contributed by atoms with E-state index in [0.29, 0.717) is 5.02 Å². The Kier molecular flexibility index (Phi) is 4.31. The monoisotopic (exact) mass is 353 g/mol. The number of aliphatic hydroxyl groups is 1. The van der Waals surface area contributed by atoms with Gasteiger partial charge in [0.15, 0.2) is 5.60 Å². The normalized spacial score (nSPS) is 17.4. The molecule has 122 valence electrons. The number of fused-ring (bicyclic) bond motifs is 1. The molecule has 0 aliphatic carbocycles. The molecular weight excluding hydrogens is 338 g/mol. The number of thiophene rings is 1. The highest BCUT2D eigenvalue weighted by Gasteiger charge is 2.40. The molecule has 1 saturated heterocycles. The Morgan fingerprint density at radius 3 is 2.65 bits per heavy atom. The summed E-state index contributed by atoms with van der Waals surface area (Å²) < 4.78 is 1.08. The lowest BCUT2D eigenvalue weighted by Gasteiger charge is -2.35. The summed E-state index contributed by atoms with van der Waals surface area (Å²) in [6, 6.07) is 5.61. The van der Waals surface area contributed by atoms with Crippen molar-refractivity contribution in [2.24, 2.45) is 0 Å². The molecule has 0 atom stereocenters. The smallest absolute Gasteiger partial charge is 0.335 e. The number of benzene rings is 1. The maximum absolute atomic E-state index is 12.4. The zero-order valence-corrected chi connectivity index (χ0v) is 13.9. The second kappa shape index (κ2) is 6.11. The van der Waals surface area contributed by atoms with Gasteiger partial charge in [0.25, 0.3) is 0 Å². The number of piperidine rings is 1. The van der Waals surface area contributed by atoms with Crippen molar-refractivity contribution >= 4 is 44.9 Å². The summed E-state index contributed by atoms with van der Waals surface area (Å²) in [5.74, 6) is -1.28. The van der Waals surface area contributed by atoms with Crippen LogP contribution in [0.15, 0.2) is 23.6 Å². The van der Waals surface area contributed by atoms with E-state index in [2.05, 4.69) is 0 Å². The van der Waals surface area contributed by atoms with Gasteiger partial charge in [0.2, 0.25) is 5.91 Å². The quantitative estimate of drug-likeness (QED) is 0.888. The highest BCUT2D eigenvalue weighted by molar-refractivity contribution is 7.17. The van der Waals surface area contributed by atoms with Gasteiger partial charge in [0.05, 0.1) is 6.42 Å². The number of nitrogens with zero attached hydrogens (tertiary/aromatic N) is 1. The molecule has 1 aromatic heterocycles. The number of hydrogen-bond donors (Lipinski definition) is 2. The Morgan fingerprint density at radius 1 is 1.30 bits per heavy atom. The summed E-state index contributed by atoms with van der Waals surface area (Å²) in [6.07, 6.45) is 0.375. The van der Waals surface area contributed by atoms with Crippen LogP contribution < -0.4 is 0 Å². The van der Waals surface area contributed by atoms with Crippen molar-refractivity contribution in [2.75, 3.05) is 13.1 Å². The summed E-state index contributed by atoms with van der Waals surface area (Å²) in [5, 5.41) is 22.5. The first kappa shape index (κ1) is 16.2. The average molecular weight is 354 g/mol. The standard InChI is InChI=1S/C16H16ClNO4S/c17-11-1-2-13-12(8-11)10(9-23-13)7-14(19)18-5-3-16(22,4-6-18)15(20)21/h1-2,8-9,22H,3-7H2,(H,20,21). The SMILES string of the molecule is O=C(Cc1csc2ccc(Cl)cc12)N1CCC(O)(C(=O)O)CC1. The van der Waals surface area contributed by atoms with Crippen molar-refractivity contribution in [1.82, 2.24) is 4.90 Å². The predicted molar refractivity (Wildman–Crippen MR) is 88.9 cm³/mol. The molecule has 1 aromatic carbocycles. The van der Waals surface area contributed by atoms with Crippen molar-refractivity contribution in [2.45, 2.75) is 24.9 Å². The van der Waals surface area contributed by atoms with Gasteiger partial charge in [0, 0.05) is 35.7 Å². The summed E-state index contributed by atoms with van der Waals surface area (Å²) in [6.45, 7) is 0.509. The molecule has 0 bridgehead atoms. The number of hydrogen-bond acceptors (Lipinski definition) is 4. The maximum Gasteiger partial charge on any atom is 0.335 e. The van der Waals surface area contributed by atoms with Gasteiger partial charge in [-0.2, -0.15) is 0 Å². The van der Waals surface area contributed by atoms with Gasteiger partial charge in [0.1, 0.15) is 0 Å². The molecule has 2 aromatic rings. The predicted octanol–water partition coefficient (Wildman–Crippen LogP) is 2.54. The van der Waals surface area contributed by atoms with Crippen molar-refractivity contribution < 1.29 is 19.8 Å². The Labute approximate surface area is 142 Å². The van der Waals surface area contributed by atoms with Crippen molar-refractivity contribution in [3.05, 3.63) is 34.2 Å². The number of halogens is 1. The fraction of sp³-hybridized carbons (Fsp3) is 0.375. The van der Waals surface area contributed by atoms with E-state index >= 15 is 0 Å². The highest BCUT2D eigenvalue weighted by Crippen LogP contribution is 2.30. The van der Waals surface area contributed by atoms with E-state index in [9.17, 15) is 14.7 Å². The molecule has 2 N–H and O–H groups in total. The van der Waals surface area contributed by atoms with Crippen LogP contribution in [0.3, 0.4) is 0 Å². The van der Waals surface area contributed by atoms with Gasteiger partial charge in [-0.3, -0.25) is 4.79 Å². The number of carboxylic acids is 1. The van der Waals surface area contributed by atoms with Gasteiger partial charge < -0.3 is 15.1 Å². The molecule has 1 aliphatic heterocycles. The van der Waals surface area contributed by atoms with Crippen LogP contribution >= 0.6 is 22.9 Å². The molecular formula is C16H16ClNO4S. The molecule has 0 spiro atoms. The third kappa shape index (κ3) is 3.20. The Balaban J connectivity index is 1.70. The number of likely N-dealkylation sites (tertiary alicyclic amines) is 1. The molecule has 1 amide bonds. The molecule has 23 heavy (non-hydrogen) atoms. The Bertz CT molecular complexity index is 765. The third-order valence-electron chi connectivity index (χ3n) is 4.30. The van der Waals surface area contributed by atoms with E-state index < -0.39 is 11.6 Å². The lowest BCUT2D eigenvalue weighted by atomic mass is 9.91. The van der Waals surface area contributed by atoms with Gasteiger partial charge in [-0.15, -0.1) is 11.3 Å². The van der Waals surface area contributed by atoms with Crippen LogP contribution in [0.2, 0.25) is 5.02 Å². The number of carbonyl (C=O) groups is 2. The van der Waals surface area contributed by atoms with Crippen LogP contribution in [0.1, 0.15) is 18.4 Å². The molecule has 3 rings (SSSR count). The van der Waals surface area contributed by atoms with E-state index in [1.165, 1.54) is 0 Å². The van der Waals surface area contributed by atoms with E-state index in [1.807, 2.05) is 23.6 Å². The van der Waals surface area contributed by atoms with Crippen LogP contribution in [-0.2, 0) is 16.0 Å². The van der Waals surface area contributed by atoms with E-state index in [4.69, 9.17) is 16.7 Å². The van der Waals surface area contributed by atoms with Crippen LogP contribution in [0.25, 0.3) is 10.1 Å². The summed E-state index contributed by atoms with van der Waals surface area (Å²) in [5.41, 5.74) is -0.782. The minimum Gasteiger partial charge on any atom is -0.479 e. The van der Waals surface area contributed by atoms with E-state index in [0.717, 1.165) is 15.6 Å². The second-order valence-electron chi connectivity index (χ2n) is 5.80. The lowest BCUT2D eigenvalue weighted by molar-refractivity contribution is -0.165. The van der Waals surface area contributed by atoms with Gasteiger partial charge in [-0.1, -0.05) is 11.6 Å². The summed E-state index contributed by atoms with van der Waals surface area (Å²) >= 11 is 7.59. The molecule has 7 heteroatoms. The first-order valence-electron chi connectivity index (χ1n) is 7.28. The number of amides is 1. The average Bonchev–Trinajstić information content (AvgIpc) is 2.90. The zero-order chi connectivity index (χ0) is 16.6. The number of carboxylic acid groups (broad SMARTS) is 1. The first-order valence-corrected chi connectivity index (χ1v) is 8.54. The number of rotatable bonds is 3. The molecule has 1 fully saturated rings. The van der Waals surface area contributed by atoms with Crippen molar-refractivity contribution in [3.63, 3.8) is 0 Å². The maximum atomic E-state index is 12.4. The minimum atomic E-state index is -1.71.